The summed E-state index contributed by atoms with van der Waals surface area (Å²) in [4.78, 5) is 12.3. The van der Waals surface area contributed by atoms with Crippen LogP contribution < -0.4 is 14.8 Å². The van der Waals surface area contributed by atoms with Gasteiger partial charge in [-0.05, 0) is 36.2 Å². The Hall–Kier alpha value is -1.55. The Bertz CT molecular complexity index is 532. The summed E-state index contributed by atoms with van der Waals surface area (Å²) in [5.41, 5.74) is 2.07. The van der Waals surface area contributed by atoms with E-state index < -0.39 is 0 Å². The second-order valence-corrected chi connectivity index (χ2v) is 6.54. The predicted molar refractivity (Wildman–Crippen MR) is 83.1 cm³/mol. The van der Waals surface area contributed by atoms with Crippen molar-refractivity contribution >= 4 is 5.78 Å². The first-order chi connectivity index (χ1) is 9.86. The van der Waals surface area contributed by atoms with Crippen LogP contribution in [0.3, 0.4) is 0 Å². The summed E-state index contributed by atoms with van der Waals surface area (Å²) in [6.45, 7) is 6.78. The van der Waals surface area contributed by atoms with Crippen molar-refractivity contribution in [3.05, 3.63) is 23.3 Å². The van der Waals surface area contributed by atoms with Gasteiger partial charge in [-0.3, -0.25) is 4.79 Å². The maximum Gasteiger partial charge on any atom is 0.161 e. The van der Waals surface area contributed by atoms with Crippen molar-refractivity contribution < 1.29 is 14.3 Å². The lowest BCUT2D eigenvalue weighted by Crippen LogP contribution is -2.34. The zero-order chi connectivity index (χ0) is 15.6. The van der Waals surface area contributed by atoms with Gasteiger partial charge < -0.3 is 14.8 Å². The Morgan fingerprint density at radius 1 is 1.24 bits per heavy atom. The molecule has 2 rings (SSSR count). The second-order valence-electron chi connectivity index (χ2n) is 6.54. The number of nitrogens with one attached hydrogen (secondary N) is 1. The molecular weight excluding hydrogens is 266 g/mol. The maximum atomic E-state index is 12.3. The standard InChI is InChI=1S/C17H25NO3/c1-17(2,3)16(19)10-13-12-9-15(21-5)14(20-4)8-11(12)6-7-18-13/h8-9,13,18H,6-7,10H2,1-5H3/t13-/m0/s1. The van der Waals surface area contributed by atoms with Gasteiger partial charge in [0.2, 0.25) is 0 Å². The lowest BCUT2D eigenvalue weighted by Gasteiger charge is -2.29. The van der Waals surface area contributed by atoms with E-state index in [2.05, 4.69) is 5.32 Å². The number of hydrogen-bond donors (Lipinski definition) is 1. The molecule has 21 heavy (non-hydrogen) atoms. The Labute approximate surface area is 126 Å². The molecule has 0 unspecified atom stereocenters. The van der Waals surface area contributed by atoms with E-state index in [0.717, 1.165) is 24.3 Å². The largest absolute Gasteiger partial charge is 0.493 e. The molecular formula is C17H25NO3. The van der Waals surface area contributed by atoms with Gasteiger partial charge in [0.15, 0.2) is 11.5 Å². The number of fused-ring (bicyclic) bond motifs is 1. The lowest BCUT2D eigenvalue weighted by atomic mass is 9.83. The third kappa shape index (κ3) is 3.38. The van der Waals surface area contributed by atoms with E-state index in [9.17, 15) is 4.79 Å². The fraction of sp³-hybridized carbons (Fsp3) is 0.588. The molecule has 1 aliphatic rings. The van der Waals surface area contributed by atoms with Crippen LogP contribution in [0.1, 0.15) is 44.4 Å². The van der Waals surface area contributed by atoms with Crippen LogP contribution in [0.15, 0.2) is 12.1 Å². The highest BCUT2D eigenvalue weighted by atomic mass is 16.5. The summed E-state index contributed by atoms with van der Waals surface area (Å²) in [5, 5.41) is 3.45. The minimum absolute atomic E-state index is 0.0558. The molecule has 4 nitrogen and oxygen atoms in total. The smallest absolute Gasteiger partial charge is 0.161 e. The Morgan fingerprint density at radius 2 is 1.86 bits per heavy atom. The number of methoxy groups -OCH3 is 2. The lowest BCUT2D eigenvalue weighted by molar-refractivity contribution is -0.126. The molecule has 0 amide bonds. The number of hydrogen-bond acceptors (Lipinski definition) is 4. The highest BCUT2D eigenvalue weighted by Crippen LogP contribution is 2.37. The third-order valence-electron chi connectivity index (χ3n) is 4.03. The summed E-state index contributed by atoms with van der Waals surface area (Å²) < 4.78 is 10.7. The summed E-state index contributed by atoms with van der Waals surface area (Å²) in [5.74, 6) is 1.73. The van der Waals surface area contributed by atoms with E-state index in [0.29, 0.717) is 12.2 Å². The average Bonchev–Trinajstić information content (AvgIpc) is 2.45. The van der Waals surface area contributed by atoms with Gasteiger partial charge in [0, 0.05) is 17.9 Å². The maximum absolute atomic E-state index is 12.3. The molecule has 0 radical (unpaired) electrons. The van der Waals surface area contributed by atoms with E-state index in [1.807, 2.05) is 32.9 Å². The molecule has 0 saturated carbocycles. The van der Waals surface area contributed by atoms with Gasteiger partial charge in [-0.2, -0.15) is 0 Å². The Morgan fingerprint density at radius 3 is 2.43 bits per heavy atom. The minimum atomic E-state index is -0.310. The van der Waals surface area contributed by atoms with Crippen LogP contribution in [0.25, 0.3) is 0 Å². The number of rotatable bonds is 4. The second kappa shape index (κ2) is 6.06. The van der Waals surface area contributed by atoms with Crippen molar-refractivity contribution in [2.24, 2.45) is 5.41 Å². The number of ketones is 1. The van der Waals surface area contributed by atoms with Crippen LogP contribution in [-0.2, 0) is 11.2 Å². The highest BCUT2D eigenvalue weighted by molar-refractivity contribution is 5.84. The van der Waals surface area contributed by atoms with E-state index in [-0.39, 0.29) is 17.2 Å². The third-order valence-corrected chi connectivity index (χ3v) is 4.03. The minimum Gasteiger partial charge on any atom is -0.493 e. The molecule has 1 N–H and O–H groups in total. The normalized spacial score (nSPS) is 18.0. The van der Waals surface area contributed by atoms with Gasteiger partial charge >= 0.3 is 0 Å². The topological polar surface area (TPSA) is 47.6 Å². The van der Waals surface area contributed by atoms with Crippen molar-refractivity contribution in [1.82, 2.24) is 5.32 Å². The van der Waals surface area contributed by atoms with Gasteiger partial charge in [-0.25, -0.2) is 0 Å². The van der Waals surface area contributed by atoms with Gasteiger partial charge in [-0.1, -0.05) is 20.8 Å². The molecule has 1 heterocycles. The van der Waals surface area contributed by atoms with Crippen molar-refractivity contribution in [3.63, 3.8) is 0 Å². The molecule has 1 atom stereocenters. The van der Waals surface area contributed by atoms with E-state index in [1.54, 1.807) is 14.2 Å². The molecule has 0 saturated heterocycles. The summed E-state index contributed by atoms with van der Waals surface area (Å²) in [6, 6.07) is 4.09. The zero-order valence-corrected chi connectivity index (χ0v) is 13.6. The summed E-state index contributed by atoms with van der Waals surface area (Å²) >= 11 is 0. The fourth-order valence-corrected chi connectivity index (χ4v) is 2.64. The van der Waals surface area contributed by atoms with Crippen molar-refractivity contribution in [2.45, 2.75) is 39.7 Å². The van der Waals surface area contributed by atoms with Crippen LogP contribution >= 0.6 is 0 Å². The van der Waals surface area contributed by atoms with Crippen molar-refractivity contribution in [2.75, 3.05) is 20.8 Å². The average molecular weight is 291 g/mol. The fourth-order valence-electron chi connectivity index (χ4n) is 2.64. The SMILES string of the molecule is COc1cc2c(cc1OC)[C@H](CC(=O)C(C)(C)C)NCC2. The van der Waals surface area contributed by atoms with Gasteiger partial charge in [0.25, 0.3) is 0 Å². The number of Topliss-reactive ketones (excluding diaryl/α,β-unsaturated/α-hetero) is 1. The summed E-state index contributed by atoms with van der Waals surface area (Å²) in [7, 11) is 3.28. The van der Waals surface area contributed by atoms with Crippen LogP contribution in [0, 0.1) is 5.41 Å². The van der Waals surface area contributed by atoms with Gasteiger partial charge in [0.1, 0.15) is 5.78 Å². The van der Waals surface area contributed by atoms with Crippen LogP contribution in [0.2, 0.25) is 0 Å². The van der Waals surface area contributed by atoms with Gasteiger partial charge in [-0.15, -0.1) is 0 Å². The molecule has 4 heteroatoms. The molecule has 1 aliphatic heterocycles. The molecule has 0 bridgehead atoms. The zero-order valence-electron chi connectivity index (χ0n) is 13.6. The highest BCUT2D eigenvalue weighted by Gasteiger charge is 2.29. The molecule has 1 aromatic carbocycles. The predicted octanol–water partition coefficient (Wildman–Crippen LogP) is 2.90. The first-order valence-corrected chi connectivity index (χ1v) is 7.38. The van der Waals surface area contributed by atoms with Crippen LogP contribution in [0.5, 0.6) is 11.5 Å². The molecule has 0 fully saturated rings. The van der Waals surface area contributed by atoms with Crippen molar-refractivity contribution in [1.29, 1.82) is 0 Å². The quantitative estimate of drug-likeness (QED) is 0.926. The number of carbonyl (C=O) groups is 1. The van der Waals surface area contributed by atoms with Gasteiger partial charge in [0.05, 0.1) is 14.2 Å². The number of benzene rings is 1. The Balaban J connectivity index is 2.32. The van der Waals surface area contributed by atoms with E-state index in [4.69, 9.17) is 9.47 Å². The molecule has 0 aromatic heterocycles. The Kier molecular flexibility index (Phi) is 4.57. The monoisotopic (exact) mass is 291 g/mol. The molecule has 116 valence electrons. The molecule has 0 spiro atoms. The number of carbonyl (C=O) groups excluding carboxylic acids is 1. The first kappa shape index (κ1) is 15.8. The van der Waals surface area contributed by atoms with Crippen LogP contribution in [0.4, 0.5) is 0 Å². The van der Waals surface area contributed by atoms with Crippen LogP contribution in [-0.4, -0.2) is 26.5 Å². The van der Waals surface area contributed by atoms with Crippen molar-refractivity contribution in [3.8, 4) is 11.5 Å². The number of ether oxygens (including phenoxy) is 2. The first-order valence-electron chi connectivity index (χ1n) is 7.38. The summed E-state index contributed by atoms with van der Waals surface area (Å²) in [6.07, 6.45) is 1.45. The van der Waals surface area contributed by atoms with E-state index >= 15 is 0 Å². The molecule has 0 aliphatic carbocycles. The van der Waals surface area contributed by atoms with E-state index in [1.165, 1.54) is 5.56 Å². The molecule has 1 aromatic rings.